The molecule has 1 N–H and O–H groups in total. The van der Waals surface area contributed by atoms with Gasteiger partial charge in [0.05, 0.1) is 29.1 Å². The van der Waals surface area contributed by atoms with Gasteiger partial charge < -0.3 is 14.1 Å². The molecule has 1 aliphatic heterocycles. The Labute approximate surface area is 166 Å². The van der Waals surface area contributed by atoms with Crippen molar-refractivity contribution in [1.29, 1.82) is 0 Å². The van der Waals surface area contributed by atoms with Crippen molar-refractivity contribution in [3.05, 3.63) is 73.9 Å². The number of H-pyrrole nitrogens is 1. The first-order valence-electron chi connectivity index (χ1n) is 9.33. The van der Waals surface area contributed by atoms with Crippen LogP contribution in [0.4, 0.5) is 5.69 Å². The first-order valence-corrected chi connectivity index (χ1v) is 9.33. The number of hydrogen-bond donors (Lipinski definition) is 1. The molecule has 0 spiro atoms. The molecule has 4 rings (SSSR count). The van der Waals surface area contributed by atoms with E-state index in [1.807, 2.05) is 6.07 Å². The van der Waals surface area contributed by atoms with Crippen LogP contribution < -0.4 is 10.3 Å². The van der Waals surface area contributed by atoms with Crippen molar-refractivity contribution in [3.63, 3.8) is 0 Å². The standard InChI is InChI=1S/C20H20N4O5/c1-2-28-17-6-5-13(10-16(17)24(26)27)11-23-8-7-15-14(12-23)20(25)22-19(21-15)18-4-3-9-29-18/h3-6,9-10H,2,7-8,11-12H2,1H3,(H,21,22,25). The van der Waals surface area contributed by atoms with Crippen molar-refractivity contribution in [2.24, 2.45) is 0 Å². The van der Waals surface area contributed by atoms with Crippen molar-refractivity contribution in [2.75, 3.05) is 13.2 Å². The molecule has 0 fully saturated rings. The Morgan fingerprint density at radius 2 is 2.24 bits per heavy atom. The third-order valence-corrected chi connectivity index (χ3v) is 4.83. The largest absolute Gasteiger partial charge is 0.487 e. The highest BCUT2D eigenvalue weighted by Crippen LogP contribution is 2.29. The molecule has 0 aliphatic carbocycles. The van der Waals surface area contributed by atoms with Crippen molar-refractivity contribution >= 4 is 5.69 Å². The van der Waals surface area contributed by atoms with E-state index in [0.29, 0.717) is 49.8 Å². The maximum atomic E-state index is 12.6. The number of furan rings is 1. The van der Waals surface area contributed by atoms with Crippen LogP contribution in [-0.4, -0.2) is 32.9 Å². The smallest absolute Gasteiger partial charge is 0.311 e. The third-order valence-electron chi connectivity index (χ3n) is 4.83. The zero-order valence-electron chi connectivity index (χ0n) is 15.9. The fourth-order valence-electron chi connectivity index (χ4n) is 3.49. The van der Waals surface area contributed by atoms with Gasteiger partial charge in [-0.2, -0.15) is 0 Å². The van der Waals surface area contributed by atoms with Gasteiger partial charge in [-0.3, -0.25) is 19.8 Å². The lowest BCUT2D eigenvalue weighted by atomic mass is 10.1. The van der Waals surface area contributed by atoms with Crippen molar-refractivity contribution in [1.82, 2.24) is 14.9 Å². The maximum absolute atomic E-state index is 12.6. The van der Waals surface area contributed by atoms with E-state index < -0.39 is 4.92 Å². The van der Waals surface area contributed by atoms with Crippen LogP contribution in [0.2, 0.25) is 0 Å². The Kier molecular flexibility index (Phi) is 5.13. The Balaban J connectivity index is 1.54. The molecule has 0 amide bonds. The first kappa shape index (κ1) is 18.9. The van der Waals surface area contributed by atoms with Gasteiger partial charge in [-0.1, -0.05) is 6.07 Å². The Morgan fingerprint density at radius 3 is 2.97 bits per heavy atom. The normalized spacial score (nSPS) is 13.8. The lowest BCUT2D eigenvalue weighted by Crippen LogP contribution is -2.35. The highest BCUT2D eigenvalue weighted by atomic mass is 16.6. The van der Waals surface area contributed by atoms with Crippen LogP contribution in [0.5, 0.6) is 5.75 Å². The number of aromatic nitrogens is 2. The first-order chi connectivity index (χ1) is 14.0. The monoisotopic (exact) mass is 396 g/mol. The Hall–Kier alpha value is -3.46. The number of ether oxygens (including phenoxy) is 1. The van der Waals surface area contributed by atoms with Crippen LogP contribution in [0.3, 0.4) is 0 Å². The average Bonchev–Trinajstić information content (AvgIpc) is 3.24. The highest BCUT2D eigenvalue weighted by Gasteiger charge is 2.23. The van der Waals surface area contributed by atoms with Gasteiger partial charge in [0, 0.05) is 32.1 Å². The number of nitrogens with zero attached hydrogens (tertiary/aromatic N) is 3. The fraction of sp³-hybridized carbons (Fsp3) is 0.300. The van der Waals surface area contributed by atoms with E-state index in [4.69, 9.17) is 9.15 Å². The number of nitrogens with one attached hydrogen (secondary N) is 1. The molecule has 9 nitrogen and oxygen atoms in total. The van der Waals surface area contributed by atoms with Crippen LogP contribution in [0, 0.1) is 10.1 Å². The number of benzene rings is 1. The van der Waals surface area contributed by atoms with Crippen LogP contribution in [0.25, 0.3) is 11.6 Å². The van der Waals surface area contributed by atoms with Gasteiger partial charge in [-0.25, -0.2) is 4.98 Å². The molecular formula is C20H20N4O5. The van der Waals surface area contributed by atoms with E-state index in [1.165, 1.54) is 12.3 Å². The zero-order valence-corrected chi connectivity index (χ0v) is 15.9. The Bertz CT molecular complexity index is 1090. The quantitative estimate of drug-likeness (QED) is 0.503. The minimum Gasteiger partial charge on any atom is -0.487 e. The van der Waals surface area contributed by atoms with Crippen LogP contribution in [-0.2, 0) is 19.5 Å². The Morgan fingerprint density at radius 1 is 1.38 bits per heavy atom. The molecule has 0 unspecified atom stereocenters. The molecule has 0 bridgehead atoms. The lowest BCUT2D eigenvalue weighted by Gasteiger charge is -2.27. The molecule has 29 heavy (non-hydrogen) atoms. The summed E-state index contributed by atoms with van der Waals surface area (Å²) < 4.78 is 10.6. The van der Waals surface area contributed by atoms with Crippen molar-refractivity contribution in [3.8, 4) is 17.3 Å². The molecule has 3 heterocycles. The average molecular weight is 396 g/mol. The van der Waals surface area contributed by atoms with E-state index in [9.17, 15) is 14.9 Å². The molecule has 2 aromatic heterocycles. The number of nitro benzene ring substituents is 1. The molecule has 0 radical (unpaired) electrons. The van der Waals surface area contributed by atoms with Gasteiger partial charge in [0.1, 0.15) is 0 Å². The van der Waals surface area contributed by atoms with Crippen LogP contribution in [0.15, 0.2) is 45.8 Å². The summed E-state index contributed by atoms with van der Waals surface area (Å²) in [7, 11) is 0. The number of hydrogen-bond acceptors (Lipinski definition) is 7. The molecule has 0 saturated heterocycles. The number of fused-ring (bicyclic) bond motifs is 1. The van der Waals surface area contributed by atoms with Gasteiger partial charge in [-0.15, -0.1) is 0 Å². The second-order valence-electron chi connectivity index (χ2n) is 6.77. The molecule has 9 heteroatoms. The van der Waals surface area contributed by atoms with Gasteiger partial charge in [0.2, 0.25) is 0 Å². The summed E-state index contributed by atoms with van der Waals surface area (Å²) in [6.07, 6.45) is 2.15. The summed E-state index contributed by atoms with van der Waals surface area (Å²) >= 11 is 0. The predicted octanol–water partition coefficient (Wildman–Crippen LogP) is 2.90. The highest BCUT2D eigenvalue weighted by molar-refractivity contribution is 5.49. The molecule has 1 aromatic carbocycles. The SMILES string of the molecule is CCOc1ccc(CN2CCc3nc(-c4ccco4)[nH]c(=O)c3C2)cc1[N+](=O)[O-]. The molecule has 150 valence electrons. The summed E-state index contributed by atoms with van der Waals surface area (Å²) in [5.74, 6) is 1.21. The molecule has 0 saturated carbocycles. The summed E-state index contributed by atoms with van der Waals surface area (Å²) in [5.41, 5.74) is 1.93. The van der Waals surface area contributed by atoms with Gasteiger partial charge in [0.25, 0.3) is 5.56 Å². The van der Waals surface area contributed by atoms with E-state index in [0.717, 1.165) is 11.3 Å². The number of aromatic amines is 1. The minimum atomic E-state index is -0.440. The van der Waals surface area contributed by atoms with Gasteiger partial charge in [-0.05, 0) is 30.7 Å². The van der Waals surface area contributed by atoms with E-state index in [2.05, 4.69) is 14.9 Å². The van der Waals surface area contributed by atoms with Crippen molar-refractivity contribution < 1.29 is 14.1 Å². The minimum absolute atomic E-state index is 0.0515. The zero-order chi connectivity index (χ0) is 20.4. The summed E-state index contributed by atoms with van der Waals surface area (Å²) in [4.78, 5) is 32.9. The van der Waals surface area contributed by atoms with Crippen LogP contribution in [0.1, 0.15) is 23.7 Å². The topological polar surface area (TPSA) is 114 Å². The summed E-state index contributed by atoms with van der Waals surface area (Å²) in [6, 6.07) is 8.46. The number of nitro groups is 1. The third kappa shape index (κ3) is 3.90. The summed E-state index contributed by atoms with van der Waals surface area (Å²) in [6.45, 7) is 3.76. The molecule has 0 atom stereocenters. The van der Waals surface area contributed by atoms with Gasteiger partial charge in [0.15, 0.2) is 17.3 Å². The van der Waals surface area contributed by atoms with E-state index >= 15 is 0 Å². The van der Waals surface area contributed by atoms with Crippen LogP contribution >= 0.6 is 0 Å². The molecule has 3 aromatic rings. The fourth-order valence-corrected chi connectivity index (χ4v) is 3.49. The molecular weight excluding hydrogens is 376 g/mol. The lowest BCUT2D eigenvalue weighted by molar-refractivity contribution is -0.385. The van der Waals surface area contributed by atoms with E-state index in [-0.39, 0.29) is 17.0 Å². The maximum Gasteiger partial charge on any atom is 0.311 e. The predicted molar refractivity (Wildman–Crippen MR) is 105 cm³/mol. The van der Waals surface area contributed by atoms with Crippen molar-refractivity contribution in [2.45, 2.75) is 26.4 Å². The van der Waals surface area contributed by atoms with E-state index in [1.54, 1.807) is 25.1 Å². The molecule has 1 aliphatic rings. The second kappa shape index (κ2) is 7.88. The second-order valence-corrected chi connectivity index (χ2v) is 6.77. The summed E-state index contributed by atoms with van der Waals surface area (Å²) in [5, 5.41) is 11.3. The number of rotatable bonds is 6. The van der Waals surface area contributed by atoms with Gasteiger partial charge >= 0.3 is 5.69 Å².